The molecule has 0 spiro atoms. The second-order valence-electron chi connectivity index (χ2n) is 2.51. The van der Waals surface area contributed by atoms with Gasteiger partial charge in [-0.25, -0.2) is 9.97 Å². The van der Waals surface area contributed by atoms with Crippen molar-refractivity contribution in [3.8, 4) is 0 Å². The number of carbonyl (C=O) groups is 1. The second kappa shape index (κ2) is 3.06. The van der Waals surface area contributed by atoms with E-state index in [4.69, 9.17) is 5.73 Å². The van der Waals surface area contributed by atoms with Crippen molar-refractivity contribution in [2.45, 2.75) is 6.42 Å². The Morgan fingerprint density at radius 3 is 3.23 bits per heavy atom. The minimum atomic E-state index is -0.393. The molecular weight excluding hydrogens is 188 g/mol. The van der Waals surface area contributed by atoms with Crippen LogP contribution in [0.4, 0.5) is 0 Å². The summed E-state index contributed by atoms with van der Waals surface area (Å²) in [6.07, 6.45) is 3.24. The highest BCUT2D eigenvalue weighted by Gasteiger charge is 2.08. The zero-order valence-corrected chi connectivity index (χ0v) is 7.41. The van der Waals surface area contributed by atoms with Crippen molar-refractivity contribution in [2.24, 2.45) is 5.73 Å². The molecule has 6 heteroatoms. The number of nitrogens with zero attached hydrogens (tertiary/aromatic N) is 3. The van der Waals surface area contributed by atoms with E-state index in [2.05, 4.69) is 14.3 Å². The third kappa shape index (κ3) is 1.48. The predicted octanol–water partition coefficient (Wildman–Crippen LogP) is 0.114. The lowest BCUT2D eigenvalue weighted by Crippen LogP contribution is -2.13. The van der Waals surface area contributed by atoms with Crippen molar-refractivity contribution < 1.29 is 4.79 Å². The Bertz CT molecular complexity index is 452. The van der Waals surface area contributed by atoms with Gasteiger partial charge in [0.05, 0.1) is 17.5 Å². The maximum Gasteiger partial charge on any atom is 0.223 e. The van der Waals surface area contributed by atoms with Gasteiger partial charge in [0.25, 0.3) is 0 Å². The van der Waals surface area contributed by atoms with E-state index in [9.17, 15) is 4.79 Å². The molecule has 0 aromatic carbocycles. The van der Waals surface area contributed by atoms with E-state index in [1.807, 2.05) is 0 Å². The zero-order chi connectivity index (χ0) is 9.26. The topological polar surface area (TPSA) is 81.8 Å². The van der Waals surface area contributed by atoms with Gasteiger partial charge in [0.15, 0.2) is 0 Å². The van der Waals surface area contributed by atoms with Crippen molar-refractivity contribution >= 4 is 27.7 Å². The van der Waals surface area contributed by atoms with Crippen molar-refractivity contribution in [3.63, 3.8) is 0 Å². The van der Waals surface area contributed by atoms with Crippen molar-refractivity contribution in [2.75, 3.05) is 0 Å². The Labute approximate surface area is 77.8 Å². The molecule has 0 bridgehead atoms. The summed E-state index contributed by atoms with van der Waals surface area (Å²) in [5.74, 6) is -0.393. The van der Waals surface area contributed by atoms with E-state index in [1.165, 1.54) is 17.9 Å². The monoisotopic (exact) mass is 194 g/mol. The van der Waals surface area contributed by atoms with Crippen molar-refractivity contribution in [3.05, 3.63) is 18.2 Å². The summed E-state index contributed by atoms with van der Waals surface area (Å²) in [6.45, 7) is 0. The van der Waals surface area contributed by atoms with Gasteiger partial charge in [0, 0.05) is 6.20 Å². The molecule has 1 amide bonds. The van der Waals surface area contributed by atoms with Gasteiger partial charge in [-0.1, -0.05) is 0 Å². The molecule has 0 saturated carbocycles. The van der Waals surface area contributed by atoms with Gasteiger partial charge in [-0.15, -0.1) is 0 Å². The molecule has 2 heterocycles. The molecular formula is C7H6N4OS. The molecule has 2 aromatic heterocycles. The van der Waals surface area contributed by atoms with Gasteiger partial charge < -0.3 is 5.73 Å². The molecule has 2 aromatic rings. The molecule has 2 rings (SSSR count). The Balaban J connectivity index is 2.51. The minimum Gasteiger partial charge on any atom is -0.369 e. The molecule has 5 nitrogen and oxygen atoms in total. The number of hydrogen-bond donors (Lipinski definition) is 1. The first-order chi connectivity index (χ1) is 6.27. The van der Waals surface area contributed by atoms with Crippen LogP contribution in [-0.4, -0.2) is 20.2 Å². The first kappa shape index (κ1) is 8.06. The van der Waals surface area contributed by atoms with Crippen LogP contribution in [0.15, 0.2) is 12.5 Å². The maximum atomic E-state index is 10.7. The standard InChI is InChI=1S/C7H6N4OS/c8-6(12)1-5-4-2-9-3-10-7(4)13-11-5/h2-3H,1H2,(H2,8,12). The van der Waals surface area contributed by atoms with Gasteiger partial charge in [-0.05, 0) is 11.5 Å². The zero-order valence-electron chi connectivity index (χ0n) is 6.60. The largest absolute Gasteiger partial charge is 0.369 e. The first-order valence-electron chi connectivity index (χ1n) is 3.60. The predicted molar refractivity (Wildman–Crippen MR) is 48.1 cm³/mol. The Morgan fingerprint density at radius 1 is 1.62 bits per heavy atom. The number of fused-ring (bicyclic) bond motifs is 1. The first-order valence-corrected chi connectivity index (χ1v) is 4.37. The smallest absolute Gasteiger partial charge is 0.223 e. The fourth-order valence-electron chi connectivity index (χ4n) is 1.03. The minimum absolute atomic E-state index is 0.146. The highest BCUT2D eigenvalue weighted by Crippen LogP contribution is 2.18. The van der Waals surface area contributed by atoms with Crippen LogP contribution < -0.4 is 5.73 Å². The summed E-state index contributed by atoms with van der Waals surface area (Å²) in [4.78, 5) is 19.3. The average molecular weight is 194 g/mol. The average Bonchev–Trinajstić information content (AvgIpc) is 2.48. The molecule has 13 heavy (non-hydrogen) atoms. The van der Waals surface area contributed by atoms with Crippen LogP contribution in [0.3, 0.4) is 0 Å². The summed E-state index contributed by atoms with van der Waals surface area (Å²) in [5.41, 5.74) is 5.72. The third-order valence-electron chi connectivity index (χ3n) is 1.57. The summed E-state index contributed by atoms with van der Waals surface area (Å²) in [6, 6.07) is 0. The molecule has 2 N–H and O–H groups in total. The highest BCUT2D eigenvalue weighted by molar-refractivity contribution is 7.12. The van der Waals surface area contributed by atoms with E-state index in [-0.39, 0.29) is 6.42 Å². The van der Waals surface area contributed by atoms with Gasteiger partial charge in [-0.2, -0.15) is 4.37 Å². The lowest BCUT2D eigenvalue weighted by Gasteiger charge is -1.90. The number of hydrogen-bond acceptors (Lipinski definition) is 5. The number of carbonyl (C=O) groups excluding carboxylic acids is 1. The van der Waals surface area contributed by atoms with Gasteiger partial charge >= 0.3 is 0 Å². The number of rotatable bonds is 2. The Kier molecular flexibility index (Phi) is 1.90. The van der Waals surface area contributed by atoms with Crippen molar-refractivity contribution in [1.29, 1.82) is 0 Å². The number of amides is 1. The molecule has 0 atom stereocenters. The second-order valence-corrected chi connectivity index (χ2v) is 3.27. The van der Waals surface area contributed by atoms with Crippen LogP contribution >= 0.6 is 11.5 Å². The van der Waals surface area contributed by atoms with E-state index < -0.39 is 5.91 Å². The van der Waals surface area contributed by atoms with Crippen LogP contribution in [0.1, 0.15) is 5.69 Å². The van der Waals surface area contributed by atoms with Crippen LogP contribution in [0, 0.1) is 0 Å². The van der Waals surface area contributed by atoms with Crippen LogP contribution in [0.2, 0.25) is 0 Å². The van der Waals surface area contributed by atoms with E-state index >= 15 is 0 Å². The molecule has 0 unspecified atom stereocenters. The number of nitrogens with two attached hydrogens (primary N) is 1. The molecule has 0 radical (unpaired) electrons. The van der Waals surface area contributed by atoms with E-state index in [0.717, 1.165) is 10.2 Å². The van der Waals surface area contributed by atoms with Gasteiger partial charge in [0.1, 0.15) is 11.2 Å². The summed E-state index contributed by atoms with van der Waals surface area (Å²) in [5, 5.41) is 0.811. The highest BCUT2D eigenvalue weighted by atomic mass is 32.1. The molecule has 0 fully saturated rings. The lowest BCUT2D eigenvalue weighted by atomic mass is 10.2. The van der Waals surface area contributed by atoms with Crippen molar-refractivity contribution in [1.82, 2.24) is 14.3 Å². The van der Waals surface area contributed by atoms with E-state index in [1.54, 1.807) is 6.20 Å². The van der Waals surface area contributed by atoms with Crippen LogP contribution in [-0.2, 0) is 11.2 Å². The Morgan fingerprint density at radius 2 is 2.46 bits per heavy atom. The quantitative estimate of drug-likeness (QED) is 0.735. The summed E-state index contributed by atoms with van der Waals surface area (Å²) in [7, 11) is 0. The normalized spacial score (nSPS) is 10.5. The fourth-order valence-corrected chi connectivity index (χ4v) is 1.75. The van der Waals surface area contributed by atoms with E-state index in [0.29, 0.717) is 5.69 Å². The lowest BCUT2D eigenvalue weighted by molar-refractivity contribution is -0.117. The van der Waals surface area contributed by atoms with Gasteiger partial charge in [-0.3, -0.25) is 4.79 Å². The number of primary amides is 1. The molecule has 0 saturated heterocycles. The van der Waals surface area contributed by atoms with Crippen LogP contribution in [0.25, 0.3) is 10.2 Å². The number of aromatic nitrogens is 3. The molecule has 0 aliphatic rings. The maximum absolute atomic E-state index is 10.7. The molecule has 0 aliphatic heterocycles. The third-order valence-corrected chi connectivity index (χ3v) is 2.38. The summed E-state index contributed by atoms with van der Waals surface area (Å²) >= 11 is 1.25. The SMILES string of the molecule is NC(=O)Cc1nsc2ncncc12. The molecule has 66 valence electrons. The van der Waals surface area contributed by atoms with Gasteiger partial charge in [0.2, 0.25) is 5.91 Å². The Hall–Kier alpha value is -1.56. The molecule has 0 aliphatic carbocycles. The van der Waals surface area contributed by atoms with Crippen LogP contribution in [0.5, 0.6) is 0 Å². The summed E-state index contributed by atoms with van der Waals surface area (Å²) < 4.78 is 4.07. The fraction of sp³-hybridized carbons (Fsp3) is 0.143.